The van der Waals surface area contributed by atoms with Crippen molar-refractivity contribution in [3.63, 3.8) is 0 Å². The van der Waals surface area contributed by atoms with Gasteiger partial charge in [-0.05, 0) is 12.8 Å². The third kappa shape index (κ3) is 3.06. The van der Waals surface area contributed by atoms with Crippen molar-refractivity contribution < 1.29 is 11.3 Å². The fourth-order valence-corrected chi connectivity index (χ4v) is 1.35. The molecule has 3 heteroatoms. The molecule has 0 radical (unpaired) electrons. The molecule has 0 saturated heterocycles. The minimum Gasteiger partial charge on any atom is -0.480 e. The van der Waals surface area contributed by atoms with Gasteiger partial charge >= 0.3 is 5.97 Å². The molecule has 0 heterocycles. The first-order chi connectivity index (χ1) is 6.63. The Morgan fingerprint density at radius 1 is 1.62 bits per heavy atom. The molecule has 3 nitrogen and oxygen atoms in total. The molecular weight excluding hydrogens is 166 g/mol. The van der Waals surface area contributed by atoms with E-state index in [0.29, 0.717) is 39.0 Å². The maximum atomic E-state index is 11.0. The highest BCUT2D eigenvalue weighted by Gasteiger charge is 2.36. The zero-order valence-corrected chi connectivity index (χ0v) is 8.05. The Balaban J connectivity index is 4.37. The minimum absolute atomic E-state index is 0.299. The van der Waals surface area contributed by atoms with E-state index < -0.39 is 11.4 Å². The van der Waals surface area contributed by atoms with Crippen molar-refractivity contribution in [2.75, 3.05) is 0 Å². The number of nitriles is 1. The summed E-state index contributed by atoms with van der Waals surface area (Å²) in [7, 11) is 0. The van der Waals surface area contributed by atoms with Gasteiger partial charge in [0.15, 0.2) is 5.41 Å². The predicted octanol–water partition coefficient (Wildman–Crippen LogP) is 2.57. The monoisotopic (exact) mass is 184 g/mol. The number of rotatable bonds is 6. The lowest BCUT2D eigenvalue weighted by Crippen LogP contribution is -2.29. The van der Waals surface area contributed by atoms with Crippen LogP contribution >= 0.6 is 0 Å². The first kappa shape index (κ1) is 10.0. The first-order valence-corrected chi connectivity index (χ1v) is 4.57. The molecular formula is C10H17NO2. The topological polar surface area (TPSA) is 61.1 Å². The fourth-order valence-electron chi connectivity index (χ4n) is 1.35. The summed E-state index contributed by atoms with van der Waals surface area (Å²) in [5.74, 6) is -1.02. The predicted molar refractivity (Wildman–Crippen MR) is 50.1 cm³/mol. The Kier molecular flexibility index (Phi) is 4.31. The average molecular weight is 184 g/mol. The minimum atomic E-state index is -1.22. The molecule has 0 saturated carbocycles. The Morgan fingerprint density at radius 3 is 2.69 bits per heavy atom. The van der Waals surface area contributed by atoms with Gasteiger partial charge in [-0.3, -0.25) is 4.79 Å². The summed E-state index contributed by atoms with van der Waals surface area (Å²) in [6, 6.07) is 1.91. The number of nitrogens with zero attached hydrogens (tertiary/aromatic N) is 1. The van der Waals surface area contributed by atoms with E-state index in [2.05, 4.69) is 0 Å². The van der Waals surface area contributed by atoms with Crippen LogP contribution in [-0.4, -0.2) is 11.1 Å². The summed E-state index contributed by atoms with van der Waals surface area (Å²) in [4.78, 5) is 11.0. The maximum absolute atomic E-state index is 11.0. The van der Waals surface area contributed by atoms with Crippen LogP contribution in [0.2, 0.25) is 0 Å². The van der Waals surface area contributed by atoms with E-state index in [1.807, 2.05) is 13.0 Å². The normalized spacial score (nSPS) is 15.5. The van der Waals surface area contributed by atoms with Crippen molar-refractivity contribution in [1.82, 2.24) is 0 Å². The summed E-state index contributed by atoms with van der Waals surface area (Å²) in [6.45, 7) is 2.17. The van der Waals surface area contributed by atoms with E-state index in [9.17, 15) is 4.79 Å². The highest BCUT2D eigenvalue weighted by Crippen LogP contribution is 2.29. The van der Waals surface area contributed by atoms with Gasteiger partial charge in [0, 0.05) is 1.37 Å². The van der Waals surface area contributed by atoms with Gasteiger partial charge in [0.25, 0.3) is 0 Å². The van der Waals surface area contributed by atoms with Gasteiger partial charge in [-0.25, -0.2) is 0 Å². The van der Waals surface area contributed by atoms with Gasteiger partial charge in [-0.1, -0.05) is 33.1 Å². The van der Waals surface area contributed by atoms with E-state index in [-0.39, 0.29) is 0 Å². The number of carboxylic acids is 1. The summed E-state index contributed by atoms with van der Waals surface area (Å²) in [5.41, 5.74) is -1.22. The molecule has 1 atom stereocenters. The average Bonchev–Trinajstić information content (AvgIpc) is 2.16. The Morgan fingerprint density at radius 2 is 2.31 bits per heavy atom. The number of hydrogen-bond acceptors (Lipinski definition) is 2. The van der Waals surface area contributed by atoms with Crippen molar-refractivity contribution in [3.8, 4) is 6.07 Å². The third-order valence-electron chi connectivity index (χ3n) is 2.15. The second kappa shape index (κ2) is 5.58. The smallest absolute Gasteiger partial charge is 0.324 e. The zero-order chi connectivity index (χ0) is 11.0. The molecule has 1 unspecified atom stereocenters. The second-order valence-electron chi connectivity index (χ2n) is 3.21. The highest BCUT2D eigenvalue weighted by atomic mass is 16.4. The summed E-state index contributed by atoms with van der Waals surface area (Å²) >= 11 is 0. The Labute approximate surface area is 80.8 Å². The molecule has 1 N–H and O–H groups in total. The van der Waals surface area contributed by atoms with Crippen LogP contribution in [0.5, 0.6) is 0 Å². The van der Waals surface area contributed by atoms with Crippen LogP contribution in [0.25, 0.3) is 0 Å². The Bertz CT molecular complexity index is 225. The largest absolute Gasteiger partial charge is 0.480 e. The SMILES string of the molecule is [2H]CCCCC(C#N)(CCC)C(=O)O. The maximum Gasteiger partial charge on any atom is 0.324 e. The summed E-state index contributed by atoms with van der Waals surface area (Å²) in [6.07, 6.45) is 2.77. The van der Waals surface area contributed by atoms with Gasteiger partial charge < -0.3 is 5.11 Å². The van der Waals surface area contributed by atoms with Crippen LogP contribution in [0.15, 0.2) is 0 Å². The standard InChI is InChI=1S/C10H17NO2/c1-3-5-7-10(8-11,6-4-2)9(12)13/h3-7H2,1-2H3,(H,12,13)/i1D. The fraction of sp³-hybridized carbons (Fsp3) is 0.800. The van der Waals surface area contributed by atoms with E-state index in [4.69, 9.17) is 11.7 Å². The van der Waals surface area contributed by atoms with Gasteiger partial charge in [0.05, 0.1) is 6.07 Å². The molecule has 0 aromatic rings. The van der Waals surface area contributed by atoms with Gasteiger partial charge in [0.2, 0.25) is 0 Å². The van der Waals surface area contributed by atoms with E-state index in [0.717, 1.165) is 0 Å². The third-order valence-corrected chi connectivity index (χ3v) is 2.15. The number of carboxylic acid groups (broad SMARTS) is 1. The molecule has 0 rings (SSSR count). The molecule has 0 aliphatic carbocycles. The molecule has 13 heavy (non-hydrogen) atoms. The van der Waals surface area contributed by atoms with E-state index in [1.165, 1.54) is 0 Å². The lowest BCUT2D eigenvalue weighted by molar-refractivity contribution is -0.146. The number of aliphatic carboxylic acids is 1. The van der Waals surface area contributed by atoms with Crippen LogP contribution in [0, 0.1) is 16.7 Å². The van der Waals surface area contributed by atoms with Crippen LogP contribution in [0.3, 0.4) is 0 Å². The molecule has 0 spiro atoms. The molecule has 0 fully saturated rings. The number of hydrogen-bond donors (Lipinski definition) is 1. The highest BCUT2D eigenvalue weighted by molar-refractivity contribution is 5.77. The Hall–Kier alpha value is -1.04. The summed E-state index contributed by atoms with van der Waals surface area (Å²) in [5, 5.41) is 17.9. The van der Waals surface area contributed by atoms with E-state index >= 15 is 0 Å². The lowest BCUT2D eigenvalue weighted by Gasteiger charge is -2.20. The van der Waals surface area contributed by atoms with Crippen LogP contribution < -0.4 is 0 Å². The molecule has 0 amide bonds. The zero-order valence-electron chi connectivity index (χ0n) is 9.05. The molecule has 0 aromatic carbocycles. The van der Waals surface area contributed by atoms with Crippen LogP contribution in [0.1, 0.15) is 47.3 Å². The van der Waals surface area contributed by atoms with E-state index in [1.54, 1.807) is 0 Å². The molecule has 0 aromatic heterocycles. The van der Waals surface area contributed by atoms with Gasteiger partial charge in [0.1, 0.15) is 0 Å². The molecule has 0 bridgehead atoms. The van der Waals surface area contributed by atoms with Crippen molar-refractivity contribution in [3.05, 3.63) is 0 Å². The van der Waals surface area contributed by atoms with Crippen molar-refractivity contribution in [2.24, 2.45) is 5.41 Å². The van der Waals surface area contributed by atoms with Gasteiger partial charge in [-0.2, -0.15) is 5.26 Å². The van der Waals surface area contributed by atoms with Crippen molar-refractivity contribution in [1.29, 1.82) is 5.26 Å². The second-order valence-corrected chi connectivity index (χ2v) is 3.21. The first-order valence-electron chi connectivity index (χ1n) is 5.27. The van der Waals surface area contributed by atoms with Gasteiger partial charge in [-0.15, -0.1) is 0 Å². The van der Waals surface area contributed by atoms with Crippen LogP contribution in [-0.2, 0) is 4.79 Å². The molecule has 0 aliphatic heterocycles. The molecule has 74 valence electrons. The van der Waals surface area contributed by atoms with Crippen molar-refractivity contribution in [2.45, 2.75) is 45.9 Å². The quantitative estimate of drug-likeness (QED) is 0.645. The number of unbranched alkanes of at least 4 members (excludes halogenated alkanes) is 1. The summed E-state index contributed by atoms with van der Waals surface area (Å²) < 4.78 is 6.95. The number of carbonyl (C=O) groups is 1. The van der Waals surface area contributed by atoms with Crippen molar-refractivity contribution >= 4 is 5.97 Å². The lowest BCUT2D eigenvalue weighted by atomic mass is 9.80. The molecule has 0 aliphatic rings. The van der Waals surface area contributed by atoms with Crippen LogP contribution in [0.4, 0.5) is 0 Å².